The van der Waals surface area contributed by atoms with Crippen LogP contribution in [-0.2, 0) is 14.5 Å². The largest absolute Gasteiger partial charge is 0.491 e. The number of hydrogen-bond acceptors (Lipinski definition) is 6. The summed E-state index contributed by atoms with van der Waals surface area (Å²) in [5, 5.41) is 2.90. The SMILES string of the molecule is COc1c(N2CC3(CCCC3)C[C@@H]2C(=O)Nc2ccnc([S@](C)(=N)=O)c2)ccc(F)c1F. The summed E-state index contributed by atoms with van der Waals surface area (Å²) in [5.41, 5.74) is 0.653. The first-order chi connectivity index (χ1) is 15.1. The number of carbonyl (C=O) groups is 1. The molecule has 1 saturated carbocycles. The van der Waals surface area contributed by atoms with Crippen LogP contribution in [0.1, 0.15) is 32.1 Å². The van der Waals surface area contributed by atoms with Crippen LogP contribution in [0.3, 0.4) is 0 Å². The van der Waals surface area contributed by atoms with Crippen LogP contribution in [0.2, 0.25) is 0 Å². The molecule has 2 fully saturated rings. The number of nitrogens with one attached hydrogen (secondary N) is 2. The van der Waals surface area contributed by atoms with Crippen LogP contribution in [0, 0.1) is 21.8 Å². The van der Waals surface area contributed by atoms with Gasteiger partial charge in [-0.3, -0.25) is 4.79 Å². The minimum Gasteiger partial charge on any atom is -0.491 e. The van der Waals surface area contributed by atoms with Crippen LogP contribution in [0.5, 0.6) is 5.75 Å². The summed E-state index contributed by atoms with van der Waals surface area (Å²) in [5.74, 6) is -2.62. The lowest BCUT2D eigenvalue weighted by Crippen LogP contribution is -2.40. The maximum atomic E-state index is 14.4. The van der Waals surface area contributed by atoms with Gasteiger partial charge in [0, 0.05) is 24.7 Å². The van der Waals surface area contributed by atoms with Crippen molar-refractivity contribution < 1.29 is 22.5 Å². The Balaban J connectivity index is 1.68. The zero-order valence-electron chi connectivity index (χ0n) is 18.0. The van der Waals surface area contributed by atoms with E-state index in [1.54, 1.807) is 11.0 Å². The Kier molecular flexibility index (Phi) is 5.83. The average Bonchev–Trinajstić information content (AvgIpc) is 3.36. The Labute approximate surface area is 186 Å². The van der Waals surface area contributed by atoms with Crippen LogP contribution in [0.15, 0.2) is 35.5 Å². The molecule has 1 spiro atoms. The molecule has 1 aromatic carbocycles. The first-order valence-corrected chi connectivity index (χ1v) is 12.4. The van der Waals surface area contributed by atoms with Gasteiger partial charge in [-0.05, 0) is 48.9 Å². The summed E-state index contributed by atoms with van der Waals surface area (Å²) >= 11 is 0. The lowest BCUT2D eigenvalue weighted by atomic mass is 9.84. The van der Waals surface area contributed by atoms with Crippen LogP contribution >= 0.6 is 0 Å². The van der Waals surface area contributed by atoms with Crippen molar-refractivity contribution in [1.82, 2.24) is 4.98 Å². The second-order valence-corrected chi connectivity index (χ2v) is 10.8. The van der Waals surface area contributed by atoms with Crippen molar-refractivity contribution in [1.29, 1.82) is 4.78 Å². The zero-order chi connectivity index (χ0) is 23.1. The number of halogens is 2. The van der Waals surface area contributed by atoms with Crippen LogP contribution in [0.25, 0.3) is 0 Å². The number of amides is 1. The van der Waals surface area contributed by atoms with Gasteiger partial charge in [-0.2, -0.15) is 4.39 Å². The molecule has 1 saturated heterocycles. The van der Waals surface area contributed by atoms with Crippen LogP contribution < -0.4 is 15.0 Å². The molecule has 172 valence electrons. The number of methoxy groups -OCH3 is 1. The number of benzene rings is 1. The van der Waals surface area contributed by atoms with E-state index in [-0.39, 0.29) is 22.1 Å². The molecule has 10 heteroatoms. The third-order valence-corrected chi connectivity index (χ3v) is 7.44. The number of pyridine rings is 1. The van der Waals surface area contributed by atoms with Crippen molar-refractivity contribution in [2.45, 2.75) is 43.2 Å². The number of anilines is 2. The Morgan fingerprint density at radius 1 is 1.31 bits per heavy atom. The summed E-state index contributed by atoms with van der Waals surface area (Å²) in [6.07, 6.45) is 7.32. The highest BCUT2D eigenvalue weighted by atomic mass is 32.2. The molecule has 2 aliphatic rings. The Morgan fingerprint density at radius 3 is 2.69 bits per heavy atom. The molecule has 0 radical (unpaired) electrons. The summed E-state index contributed by atoms with van der Waals surface area (Å²) in [7, 11) is -1.76. The highest BCUT2D eigenvalue weighted by Gasteiger charge is 2.49. The lowest BCUT2D eigenvalue weighted by molar-refractivity contribution is -0.117. The van der Waals surface area contributed by atoms with Crippen molar-refractivity contribution in [2.24, 2.45) is 5.41 Å². The van der Waals surface area contributed by atoms with Crippen molar-refractivity contribution in [3.8, 4) is 5.75 Å². The van der Waals surface area contributed by atoms with Crippen molar-refractivity contribution in [3.63, 3.8) is 0 Å². The van der Waals surface area contributed by atoms with Gasteiger partial charge in [0.2, 0.25) is 11.7 Å². The molecule has 2 atom stereocenters. The summed E-state index contributed by atoms with van der Waals surface area (Å²) in [4.78, 5) is 19.1. The molecule has 7 nitrogen and oxygen atoms in total. The minimum atomic E-state index is -3.04. The van der Waals surface area contributed by atoms with E-state index in [1.165, 1.54) is 31.7 Å². The van der Waals surface area contributed by atoms with E-state index in [0.29, 0.717) is 24.3 Å². The molecule has 0 unspecified atom stereocenters. The summed E-state index contributed by atoms with van der Waals surface area (Å²) < 4.78 is 53.2. The predicted molar refractivity (Wildman–Crippen MR) is 117 cm³/mol. The fraction of sp³-hybridized carbons (Fsp3) is 0.455. The molecule has 1 aliphatic heterocycles. The van der Waals surface area contributed by atoms with Gasteiger partial charge in [0.25, 0.3) is 0 Å². The zero-order valence-corrected chi connectivity index (χ0v) is 18.8. The standard InChI is InChI=1S/C22H26F2N4O3S/c1-31-20-16(6-5-15(23)19(20)24)28-13-22(8-3-4-9-22)12-17(28)21(29)27-14-7-10-26-18(11-14)32(2,25)30/h5-7,10-11,17,25H,3-4,8-9,12-13H2,1-2H3,(H,26,27,29)/t17-,32-/m1/s1. The molecule has 1 aromatic heterocycles. The molecule has 2 N–H and O–H groups in total. The first kappa shape index (κ1) is 22.4. The molecule has 4 rings (SSSR count). The average molecular weight is 465 g/mol. The van der Waals surface area contributed by atoms with E-state index in [0.717, 1.165) is 31.7 Å². The monoisotopic (exact) mass is 464 g/mol. The molecule has 1 amide bonds. The van der Waals surface area contributed by atoms with Crippen LogP contribution in [0.4, 0.5) is 20.2 Å². The van der Waals surface area contributed by atoms with Gasteiger partial charge in [-0.15, -0.1) is 0 Å². The number of carbonyl (C=O) groups excluding carboxylic acids is 1. The fourth-order valence-electron chi connectivity index (χ4n) is 4.90. The number of aromatic nitrogens is 1. The second-order valence-electron chi connectivity index (χ2n) is 8.68. The molecule has 32 heavy (non-hydrogen) atoms. The van der Waals surface area contributed by atoms with Gasteiger partial charge in [0.15, 0.2) is 11.6 Å². The molecule has 2 heterocycles. The van der Waals surface area contributed by atoms with Gasteiger partial charge in [-0.1, -0.05) is 12.8 Å². The third-order valence-electron chi connectivity index (χ3n) is 6.42. The maximum Gasteiger partial charge on any atom is 0.247 e. The minimum absolute atomic E-state index is 0.0692. The van der Waals surface area contributed by atoms with E-state index in [4.69, 9.17) is 9.52 Å². The molecule has 2 aromatic rings. The van der Waals surface area contributed by atoms with E-state index in [9.17, 15) is 17.8 Å². The van der Waals surface area contributed by atoms with Gasteiger partial charge < -0.3 is 15.0 Å². The third kappa shape index (κ3) is 4.15. The Bertz CT molecular complexity index is 1150. The van der Waals surface area contributed by atoms with Crippen molar-refractivity contribution >= 4 is 27.0 Å². The van der Waals surface area contributed by atoms with Gasteiger partial charge in [-0.25, -0.2) is 18.4 Å². The van der Waals surface area contributed by atoms with Crippen LogP contribution in [-0.4, -0.2) is 41.1 Å². The summed E-state index contributed by atoms with van der Waals surface area (Å²) in [6, 6.07) is 4.86. The Hall–Kier alpha value is -2.75. The Morgan fingerprint density at radius 2 is 2.03 bits per heavy atom. The highest BCUT2D eigenvalue weighted by Crippen LogP contribution is 2.50. The molecule has 1 aliphatic carbocycles. The van der Waals surface area contributed by atoms with E-state index in [2.05, 4.69) is 10.3 Å². The number of ether oxygens (including phenoxy) is 1. The van der Waals surface area contributed by atoms with E-state index < -0.39 is 27.4 Å². The van der Waals surface area contributed by atoms with Gasteiger partial charge in [0.05, 0.1) is 22.5 Å². The van der Waals surface area contributed by atoms with E-state index in [1.807, 2.05) is 0 Å². The second kappa shape index (κ2) is 8.31. The quantitative estimate of drug-likeness (QED) is 0.692. The van der Waals surface area contributed by atoms with Crippen molar-refractivity contribution in [3.05, 3.63) is 42.1 Å². The smallest absolute Gasteiger partial charge is 0.247 e. The molecule has 0 bridgehead atoms. The molecular weight excluding hydrogens is 438 g/mol. The maximum absolute atomic E-state index is 14.4. The topological polar surface area (TPSA) is 95.4 Å². The van der Waals surface area contributed by atoms with Gasteiger partial charge >= 0.3 is 0 Å². The predicted octanol–water partition coefficient (Wildman–Crippen LogP) is 4.18. The normalized spacial score (nSPS) is 21.5. The fourth-order valence-corrected chi connectivity index (χ4v) is 5.51. The number of nitrogens with zero attached hydrogens (tertiary/aromatic N) is 2. The van der Waals surface area contributed by atoms with E-state index >= 15 is 0 Å². The van der Waals surface area contributed by atoms with Crippen molar-refractivity contribution in [2.75, 3.05) is 30.1 Å². The first-order valence-electron chi connectivity index (χ1n) is 10.4. The van der Waals surface area contributed by atoms with Gasteiger partial charge in [0.1, 0.15) is 11.1 Å². The molecular formula is C22H26F2N4O3S. The highest BCUT2D eigenvalue weighted by molar-refractivity contribution is 7.91. The summed E-state index contributed by atoms with van der Waals surface area (Å²) in [6.45, 7) is 0.545. The number of rotatable bonds is 5. The lowest BCUT2D eigenvalue weighted by Gasteiger charge is -2.28. The number of hydrogen-bond donors (Lipinski definition) is 2.